The maximum Gasteiger partial charge on any atom is 0.147 e. The van der Waals surface area contributed by atoms with Gasteiger partial charge in [-0.2, -0.15) is 0 Å². The fraction of sp³-hybridized carbons (Fsp3) is 0.286. The Bertz CT molecular complexity index is 244. The Kier molecular flexibility index (Phi) is 2.96. The molecule has 0 spiro atoms. The number of hydrogen-bond donors (Lipinski definition) is 1. The van der Waals surface area contributed by atoms with E-state index >= 15 is 0 Å². The summed E-state index contributed by atoms with van der Waals surface area (Å²) in [5.41, 5.74) is 0.275. The molecule has 0 saturated carbocycles. The van der Waals surface area contributed by atoms with Crippen LogP contribution >= 0.6 is 15.9 Å². The summed E-state index contributed by atoms with van der Waals surface area (Å²) in [7, 11) is 0. The average molecular weight is 220 g/mol. The number of hydrogen-bond acceptors (Lipinski definition) is 2. The van der Waals surface area contributed by atoms with E-state index in [2.05, 4.69) is 20.9 Å². The zero-order chi connectivity index (χ0) is 8.27. The first-order valence-corrected chi connectivity index (χ1v) is 4.21. The highest BCUT2D eigenvalue weighted by atomic mass is 79.9. The molecule has 0 saturated heterocycles. The molecule has 1 atom stereocenters. The Morgan fingerprint density at radius 3 is 3.00 bits per heavy atom. The lowest BCUT2D eigenvalue weighted by molar-refractivity contribution is 0.200. The maximum absolute atomic E-state index is 12.8. The molecule has 1 heterocycles. The molecule has 0 aromatic carbocycles. The summed E-state index contributed by atoms with van der Waals surface area (Å²) in [6.45, 7) is 0. The van der Waals surface area contributed by atoms with Crippen LogP contribution in [0.2, 0.25) is 0 Å². The molecular weight excluding hydrogens is 213 g/mol. The molecule has 4 heteroatoms. The van der Waals surface area contributed by atoms with E-state index in [1.807, 2.05) is 0 Å². The van der Waals surface area contributed by atoms with Gasteiger partial charge in [0.1, 0.15) is 5.82 Å². The lowest BCUT2D eigenvalue weighted by atomic mass is 10.2. The quantitative estimate of drug-likeness (QED) is 0.768. The Balaban J connectivity index is 2.93. The first kappa shape index (κ1) is 8.62. The van der Waals surface area contributed by atoms with Crippen LogP contribution in [0.1, 0.15) is 11.7 Å². The van der Waals surface area contributed by atoms with Gasteiger partial charge in [0.05, 0.1) is 12.3 Å². The van der Waals surface area contributed by atoms with Crippen LogP contribution in [0.4, 0.5) is 4.39 Å². The minimum atomic E-state index is -0.794. The fourth-order valence-electron chi connectivity index (χ4n) is 0.739. The largest absolute Gasteiger partial charge is 0.387 e. The van der Waals surface area contributed by atoms with E-state index in [0.29, 0.717) is 5.33 Å². The number of aromatic nitrogens is 1. The fourth-order valence-corrected chi connectivity index (χ4v) is 1.09. The molecule has 0 fully saturated rings. The number of pyridine rings is 1. The minimum absolute atomic E-state index is 0.275. The number of aliphatic hydroxyl groups is 1. The van der Waals surface area contributed by atoms with Crippen molar-refractivity contribution in [2.24, 2.45) is 0 Å². The molecule has 1 rings (SSSR count). The molecular formula is C7H7BrFNO. The van der Waals surface area contributed by atoms with Crippen molar-refractivity contribution in [2.45, 2.75) is 6.10 Å². The summed E-state index contributed by atoms with van der Waals surface area (Å²) in [6, 6.07) is 1.46. The summed E-state index contributed by atoms with van der Waals surface area (Å²) in [5, 5.41) is 9.52. The second-order valence-corrected chi connectivity index (χ2v) is 2.71. The van der Waals surface area contributed by atoms with E-state index in [1.165, 1.54) is 12.3 Å². The highest BCUT2D eigenvalue weighted by Gasteiger charge is 2.09. The highest BCUT2D eigenvalue weighted by molar-refractivity contribution is 9.09. The normalized spacial score (nSPS) is 13.0. The van der Waals surface area contributed by atoms with Gasteiger partial charge in [-0.1, -0.05) is 15.9 Å². The second kappa shape index (κ2) is 3.78. The predicted molar refractivity (Wildman–Crippen MR) is 42.9 cm³/mol. The van der Waals surface area contributed by atoms with Crippen molar-refractivity contribution in [3.63, 3.8) is 0 Å². The van der Waals surface area contributed by atoms with Crippen LogP contribution in [-0.2, 0) is 0 Å². The first-order valence-electron chi connectivity index (χ1n) is 3.09. The van der Waals surface area contributed by atoms with Gasteiger partial charge in [0.15, 0.2) is 0 Å². The van der Waals surface area contributed by atoms with Gasteiger partial charge in [-0.15, -0.1) is 0 Å². The zero-order valence-corrected chi connectivity index (χ0v) is 7.25. The van der Waals surface area contributed by atoms with E-state index in [4.69, 9.17) is 0 Å². The smallest absolute Gasteiger partial charge is 0.147 e. The van der Waals surface area contributed by atoms with E-state index in [-0.39, 0.29) is 5.56 Å². The van der Waals surface area contributed by atoms with Crippen molar-refractivity contribution in [3.05, 3.63) is 29.8 Å². The molecule has 2 nitrogen and oxygen atoms in total. The summed E-state index contributed by atoms with van der Waals surface area (Å²) in [6.07, 6.45) is 1.74. The number of halogens is 2. The van der Waals surface area contributed by atoms with Gasteiger partial charge in [-0.25, -0.2) is 4.39 Å². The number of aliphatic hydroxyl groups excluding tert-OH is 1. The number of alkyl halides is 1. The molecule has 1 aromatic heterocycles. The second-order valence-electron chi connectivity index (χ2n) is 2.07. The molecule has 1 N–H and O–H groups in total. The van der Waals surface area contributed by atoms with E-state index in [1.54, 1.807) is 0 Å². The lowest BCUT2D eigenvalue weighted by Crippen LogP contribution is -2.01. The molecule has 1 aromatic rings. The van der Waals surface area contributed by atoms with Crippen molar-refractivity contribution in [3.8, 4) is 0 Å². The third-order valence-electron chi connectivity index (χ3n) is 1.31. The molecule has 0 radical (unpaired) electrons. The Morgan fingerprint density at radius 2 is 2.45 bits per heavy atom. The van der Waals surface area contributed by atoms with E-state index in [9.17, 15) is 9.50 Å². The average Bonchev–Trinajstić information content (AvgIpc) is 2.04. The summed E-state index contributed by atoms with van der Waals surface area (Å²) in [4.78, 5) is 3.56. The lowest BCUT2D eigenvalue weighted by Gasteiger charge is -2.06. The first-order chi connectivity index (χ1) is 5.25. The topological polar surface area (TPSA) is 33.1 Å². The summed E-state index contributed by atoms with van der Waals surface area (Å²) < 4.78 is 12.8. The monoisotopic (exact) mass is 219 g/mol. The summed E-state index contributed by atoms with van der Waals surface area (Å²) in [5.74, 6) is -0.473. The third kappa shape index (κ3) is 1.97. The third-order valence-corrected chi connectivity index (χ3v) is 1.92. The van der Waals surface area contributed by atoms with Crippen LogP contribution in [0, 0.1) is 5.82 Å². The van der Waals surface area contributed by atoms with Crippen molar-refractivity contribution in [1.82, 2.24) is 4.98 Å². The van der Waals surface area contributed by atoms with Gasteiger partial charge in [0, 0.05) is 17.1 Å². The Labute approximate surface area is 72.2 Å². The molecule has 1 unspecified atom stereocenters. The van der Waals surface area contributed by atoms with Crippen LogP contribution in [0.15, 0.2) is 18.5 Å². The number of rotatable bonds is 2. The minimum Gasteiger partial charge on any atom is -0.387 e. The van der Waals surface area contributed by atoms with Gasteiger partial charge in [-0.3, -0.25) is 4.98 Å². The van der Waals surface area contributed by atoms with E-state index in [0.717, 1.165) is 6.20 Å². The molecule has 60 valence electrons. The molecule has 11 heavy (non-hydrogen) atoms. The van der Waals surface area contributed by atoms with Crippen LogP contribution in [-0.4, -0.2) is 15.4 Å². The van der Waals surface area contributed by atoms with Crippen LogP contribution in [0.25, 0.3) is 0 Å². The molecule has 0 amide bonds. The van der Waals surface area contributed by atoms with E-state index < -0.39 is 11.9 Å². The Hall–Kier alpha value is -0.480. The molecule has 0 bridgehead atoms. The van der Waals surface area contributed by atoms with Crippen molar-refractivity contribution >= 4 is 15.9 Å². The predicted octanol–water partition coefficient (Wildman–Crippen LogP) is 1.65. The maximum atomic E-state index is 12.8. The van der Waals surface area contributed by atoms with Gasteiger partial charge in [-0.05, 0) is 6.07 Å². The Morgan fingerprint density at radius 1 is 1.73 bits per heavy atom. The van der Waals surface area contributed by atoms with Gasteiger partial charge in [0.2, 0.25) is 0 Å². The van der Waals surface area contributed by atoms with Gasteiger partial charge < -0.3 is 5.11 Å². The van der Waals surface area contributed by atoms with Crippen LogP contribution in [0.3, 0.4) is 0 Å². The van der Waals surface area contributed by atoms with Gasteiger partial charge >= 0.3 is 0 Å². The molecule has 0 aliphatic carbocycles. The van der Waals surface area contributed by atoms with Crippen LogP contribution in [0.5, 0.6) is 0 Å². The van der Waals surface area contributed by atoms with Crippen molar-refractivity contribution in [2.75, 3.05) is 5.33 Å². The highest BCUT2D eigenvalue weighted by Crippen LogP contribution is 2.16. The molecule has 0 aliphatic rings. The standard InChI is InChI=1S/C7H7BrFNO/c8-3-7(11)5-1-2-10-4-6(5)9/h1-2,4,7,11H,3H2. The number of nitrogens with zero attached hydrogens (tertiary/aromatic N) is 1. The van der Waals surface area contributed by atoms with Crippen LogP contribution < -0.4 is 0 Å². The van der Waals surface area contributed by atoms with Crippen molar-refractivity contribution in [1.29, 1.82) is 0 Å². The van der Waals surface area contributed by atoms with Crippen molar-refractivity contribution < 1.29 is 9.50 Å². The summed E-state index contributed by atoms with van der Waals surface area (Å²) >= 11 is 3.05. The zero-order valence-electron chi connectivity index (χ0n) is 5.67. The van der Waals surface area contributed by atoms with Gasteiger partial charge in [0.25, 0.3) is 0 Å². The SMILES string of the molecule is OC(CBr)c1ccncc1F. The molecule has 0 aliphatic heterocycles.